The van der Waals surface area contributed by atoms with Crippen molar-refractivity contribution in [2.24, 2.45) is 0 Å². The smallest absolute Gasteiger partial charge is 0.268 e. The van der Waals surface area contributed by atoms with Gasteiger partial charge >= 0.3 is 0 Å². The fraction of sp³-hybridized carbons (Fsp3) is 0.875. The average Bonchev–Trinajstić information content (AvgIpc) is 2.08. The van der Waals surface area contributed by atoms with E-state index in [0.717, 1.165) is 0 Å². The summed E-state index contributed by atoms with van der Waals surface area (Å²) in [5.41, 5.74) is 0. The van der Waals surface area contributed by atoms with E-state index < -0.39 is 31.2 Å². The van der Waals surface area contributed by atoms with Crippen LogP contribution in [0.2, 0.25) is 0 Å². The Morgan fingerprint density at radius 2 is 1.62 bits per heavy atom. The average molecular weight is 273 g/mol. The molecular formula is C8H17O6S2. The standard InChI is InChI=1S/C8H17O6S2/c1-3-7(5-6-15(9,10)11)8(4-2)16(12,13)14/h8H,3-6H2,1-2H3,(H,9,10,11)(H,12,13,14). The van der Waals surface area contributed by atoms with Crippen LogP contribution in [-0.4, -0.2) is 36.9 Å². The second-order valence-electron chi connectivity index (χ2n) is 3.46. The second kappa shape index (κ2) is 5.95. The molecule has 0 spiro atoms. The lowest BCUT2D eigenvalue weighted by Gasteiger charge is -2.21. The Bertz CT molecular complexity index is 396. The van der Waals surface area contributed by atoms with Gasteiger partial charge in [-0.2, -0.15) is 16.8 Å². The van der Waals surface area contributed by atoms with E-state index in [1.807, 2.05) is 0 Å². The SMILES string of the molecule is CC[C](CCS(=O)(=O)O)C(CC)S(=O)(=O)O. The van der Waals surface area contributed by atoms with Crippen molar-refractivity contribution in [1.29, 1.82) is 0 Å². The van der Waals surface area contributed by atoms with E-state index in [1.165, 1.54) is 0 Å². The van der Waals surface area contributed by atoms with Gasteiger partial charge in [-0.25, -0.2) is 0 Å². The second-order valence-corrected chi connectivity index (χ2v) is 6.63. The molecule has 0 bridgehead atoms. The molecule has 0 amide bonds. The highest BCUT2D eigenvalue weighted by Crippen LogP contribution is 2.24. The van der Waals surface area contributed by atoms with Crippen molar-refractivity contribution in [2.45, 2.75) is 38.4 Å². The molecule has 16 heavy (non-hydrogen) atoms. The van der Waals surface area contributed by atoms with Gasteiger partial charge in [-0.1, -0.05) is 13.8 Å². The Labute approximate surface area is 96.6 Å². The fourth-order valence-corrected chi connectivity index (χ4v) is 3.18. The molecule has 6 nitrogen and oxygen atoms in total. The first-order valence-corrected chi connectivity index (χ1v) is 7.99. The highest BCUT2D eigenvalue weighted by molar-refractivity contribution is 7.86. The van der Waals surface area contributed by atoms with Crippen LogP contribution >= 0.6 is 0 Å². The number of hydrogen-bond donors (Lipinski definition) is 2. The van der Waals surface area contributed by atoms with E-state index in [2.05, 4.69) is 0 Å². The highest BCUT2D eigenvalue weighted by atomic mass is 32.2. The predicted octanol–water partition coefficient (Wildman–Crippen LogP) is 0.915. The Morgan fingerprint density at radius 1 is 1.12 bits per heavy atom. The molecule has 0 saturated heterocycles. The van der Waals surface area contributed by atoms with Crippen LogP contribution in [0.15, 0.2) is 0 Å². The van der Waals surface area contributed by atoms with Crippen LogP contribution < -0.4 is 0 Å². The van der Waals surface area contributed by atoms with Crippen LogP contribution in [0.25, 0.3) is 0 Å². The van der Waals surface area contributed by atoms with Gasteiger partial charge in [0.2, 0.25) is 0 Å². The van der Waals surface area contributed by atoms with Crippen LogP contribution in [-0.2, 0) is 20.2 Å². The molecular weight excluding hydrogens is 256 g/mol. The van der Waals surface area contributed by atoms with Crippen molar-refractivity contribution in [3.05, 3.63) is 5.92 Å². The minimum absolute atomic E-state index is 0.0619. The minimum atomic E-state index is -4.21. The molecule has 0 rings (SSSR count). The molecule has 2 N–H and O–H groups in total. The maximum absolute atomic E-state index is 11.0. The molecule has 1 unspecified atom stereocenters. The van der Waals surface area contributed by atoms with Gasteiger partial charge in [-0.3, -0.25) is 9.11 Å². The molecule has 0 aliphatic heterocycles. The molecule has 8 heteroatoms. The third kappa shape index (κ3) is 5.78. The van der Waals surface area contributed by atoms with Gasteiger partial charge in [-0.05, 0) is 25.2 Å². The van der Waals surface area contributed by atoms with Crippen LogP contribution in [0.4, 0.5) is 0 Å². The summed E-state index contributed by atoms with van der Waals surface area (Å²) in [5.74, 6) is -0.120. The van der Waals surface area contributed by atoms with Crippen LogP contribution in [0.1, 0.15) is 33.1 Å². The maximum atomic E-state index is 11.0. The molecule has 0 aliphatic rings. The van der Waals surface area contributed by atoms with E-state index in [9.17, 15) is 16.8 Å². The topological polar surface area (TPSA) is 109 Å². The van der Waals surface area contributed by atoms with Crippen molar-refractivity contribution < 1.29 is 25.9 Å². The van der Waals surface area contributed by atoms with Crippen molar-refractivity contribution in [1.82, 2.24) is 0 Å². The van der Waals surface area contributed by atoms with Gasteiger partial charge in [0.25, 0.3) is 20.2 Å². The summed E-state index contributed by atoms with van der Waals surface area (Å²) < 4.78 is 60.6. The Balaban J connectivity index is 4.72. The van der Waals surface area contributed by atoms with Crippen molar-refractivity contribution in [2.75, 3.05) is 5.75 Å². The van der Waals surface area contributed by atoms with E-state index in [1.54, 1.807) is 13.8 Å². The third-order valence-electron chi connectivity index (χ3n) is 2.32. The van der Waals surface area contributed by atoms with Crippen LogP contribution in [0, 0.1) is 5.92 Å². The largest absolute Gasteiger partial charge is 0.286 e. The molecule has 1 radical (unpaired) electrons. The summed E-state index contributed by atoms with van der Waals surface area (Å²) >= 11 is 0. The fourth-order valence-electron chi connectivity index (χ4n) is 1.54. The Hall–Kier alpha value is -0.180. The Morgan fingerprint density at radius 3 is 1.88 bits per heavy atom. The maximum Gasteiger partial charge on any atom is 0.268 e. The normalized spacial score (nSPS) is 15.3. The molecule has 0 aliphatic carbocycles. The summed E-state index contributed by atoms with van der Waals surface area (Å²) in [7, 11) is -8.32. The van der Waals surface area contributed by atoms with Crippen molar-refractivity contribution in [3.8, 4) is 0 Å². The minimum Gasteiger partial charge on any atom is -0.286 e. The zero-order valence-corrected chi connectivity index (χ0v) is 10.9. The molecule has 97 valence electrons. The van der Waals surface area contributed by atoms with E-state index >= 15 is 0 Å². The van der Waals surface area contributed by atoms with Crippen molar-refractivity contribution in [3.63, 3.8) is 0 Å². The number of rotatable bonds is 7. The van der Waals surface area contributed by atoms with Gasteiger partial charge in [0, 0.05) is 0 Å². The first-order valence-electron chi connectivity index (χ1n) is 4.87. The molecule has 0 aromatic heterocycles. The zero-order chi connectivity index (χ0) is 13.0. The lowest BCUT2D eigenvalue weighted by molar-refractivity contribution is 0.456. The van der Waals surface area contributed by atoms with Crippen LogP contribution in [0.5, 0.6) is 0 Å². The predicted molar refractivity (Wildman–Crippen MR) is 60.2 cm³/mol. The summed E-state index contributed by atoms with van der Waals surface area (Å²) in [6.45, 7) is 3.26. The zero-order valence-electron chi connectivity index (χ0n) is 9.25. The Kier molecular flexibility index (Phi) is 5.88. The van der Waals surface area contributed by atoms with Crippen LogP contribution in [0.3, 0.4) is 0 Å². The van der Waals surface area contributed by atoms with Crippen molar-refractivity contribution >= 4 is 20.2 Å². The molecule has 0 saturated carbocycles. The quantitative estimate of drug-likeness (QED) is 0.667. The van der Waals surface area contributed by atoms with E-state index in [0.29, 0.717) is 12.3 Å². The lowest BCUT2D eigenvalue weighted by Crippen LogP contribution is -2.28. The molecule has 0 fully saturated rings. The number of hydrogen-bond acceptors (Lipinski definition) is 4. The molecule has 0 aromatic carbocycles. The highest BCUT2D eigenvalue weighted by Gasteiger charge is 2.30. The van der Waals surface area contributed by atoms with Gasteiger partial charge in [-0.15, -0.1) is 0 Å². The summed E-state index contributed by atoms with van der Waals surface area (Å²) in [6, 6.07) is 0. The molecule has 0 heterocycles. The van der Waals surface area contributed by atoms with E-state index in [4.69, 9.17) is 9.11 Å². The first kappa shape index (κ1) is 15.8. The van der Waals surface area contributed by atoms with Gasteiger partial charge in [0.15, 0.2) is 0 Å². The molecule has 1 atom stereocenters. The first-order chi connectivity index (χ1) is 7.11. The van der Waals surface area contributed by atoms with Gasteiger partial charge in [0.1, 0.15) is 0 Å². The van der Waals surface area contributed by atoms with Gasteiger partial charge < -0.3 is 0 Å². The lowest BCUT2D eigenvalue weighted by atomic mass is 9.97. The third-order valence-corrected chi connectivity index (χ3v) is 4.43. The summed E-state index contributed by atoms with van der Waals surface area (Å²) in [6.07, 6.45) is 0.453. The van der Waals surface area contributed by atoms with Gasteiger partial charge in [0.05, 0.1) is 11.0 Å². The monoisotopic (exact) mass is 273 g/mol. The van der Waals surface area contributed by atoms with E-state index in [-0.39, 0.29) is 12.8 Å². The summed E-state index contributed by atoms with van der Waals surface area (Å²) in [4.78, 5) is 0. The molecule has 0 aromatic rings. The summed E-state index contributed by atoms with van der Waals surface area (Å²) in [5, 5.41) is -1.06.